The zero-order valence-corrected chi connectivity index (χ0v) is 19.1. The number of benzene rings is 3. The maximum atomic E-state index is 12.9. The second-order valence-electron chi connectivity index (χ2n) is 7.51. The van der Waals surface area contributed by atoms with E-state index in [0.717, 1.165) is 5.56 Å². The zero-order valence-electron chi connectivity index (χ0n) is 18.3. The minimum atomic E-state index is -0.488. The van der Waals surface area contributed by atoms with Crippen LogP contribution in [0.4, 0.5) is 5.69 Å². The highest BCUT2D eigenvalue weighted by molar-refractivity contribution is 6.33. The Hall–Kier alpha value is -3.77. The van der Waals surface area contributed by atoms with Crippen molar-refractivity contribution in [1.29, 1.82) is 0 Å². The quantitative estimate of drug-likeness (QED) is 0.392. The summed E-state index contributed by atoms with van der Waals surface area (Å²) in [4.78, 5) is 25.3. The molecular formula is C26H23ClN2O4. The van der Waals surface area contributed by atoms with Gasteiger partial charge in [-0.25, -0.2) is 5.01 Å². The number of amides is 2. The molecule has 6 nitrogen and oxygen atoms in total. The van der Waals surface area contributed by atoms with Crippen LogP contribution >= 0.6 is 11.6 Å². The van der Waals surface area contributed by atoms with Crippen molar-refractivity contribution in [2.45, 2.75) is 20.5 Å². The lowest BCUT2D eigenvalue weighted by molar-refractivity contribution is -0.117. The lowest BCUT2D eigenvalue weighted by Crippen LogP contribution is -2.35. The Morgan fingerprint density at radius 1 is 1.00 bits per heavy atom. The number of hydrogen-bond acceptors (Lipinski definition) is 4. The fraction of sp³-hybridized carbons (Fsp3) is 0.154. The molecule has 2 amide bonds. The molecule has 1 heterocycles. The van der Waals surface area contributed by atoms with E-state index in [2.05, 4.69) is 5.43 Å². The minimum Gasteiger partial charge on any atom is -0.490 e. The van der Waals surface area contributed by atoms with Crippen LogP contribution in [0.1, 0.15) is 23.6 Å². The van der Waals surface area contributed by atoms with Gasteiger partial charge in [0.1, 0.15) is 12.2 Å². The molecule has 0 radical (unpaired) electrons. The molecule has 1 fully saturated rings. The van der Waals surface area contributed by atoms with Crippen molar-refractivity contribution >= 4 is 35.2 Å². The zero-order chi connectivity index (χ0) is 23.4. The van der Waals surface area contributed by atoms with Crippen LogP contribution in [-0.4, -0.2) is 18.4 Å². The summed E-state index contributed by atoms with van der Waals surface area (Å²) in [5, 5.41) is 1.55. The van der Waals surface area contributed by atoms with Gasteiger partial charge in [-0.05, 0) is 55.3 Å². The first-order valence-corrected chi connectivity index (χ1v) is 10.9. The number of hydrazine groups is 1. The molecule has 1 N–H and O–H groups in total. The smallest absolute Gasteiger partial charge is 0.282 e. The lowest BCUT2D eigenvalue weighted by atomic mass is 10.1. The number of para-hydroxylation sites is 1. The molecule has 0 bridgehead atoms. The average molecular weight is 463 g/mol. The molecule has 1 saturated heterocycles. The monoisotopic (exact) mass is 462 g/mol. The molecule has 33 heavy (non-hydrogen) atoms. The Morgan fingerprint density at radius 3 is 2.42 bits per heavy atom. The third-order valence-electron chi connectivity index (χ3n) is 5.05. The molecule has 7 heteroatoms. The first-order chi connectivity index (χ1) is 16.0. The van der Waals surface area contributed by atoms with Gasteiger partial charge < -0.3 is 9.47 Å². The van der Waals surface area contributed by atoms with Crippen LogP contribution in [-0.2, 0) is 16.2 Å². The fourth-order valence-corrected chi connectivity index (χ4v) is 3.67. The maximum absolute atomic E-state index is 12.9. The lowest BCUT2D eigenvalue weighted by Gasteiger charge is -2.15. The van der Waals surface area contributed by atoms with Gasteiger partial charge in [-0.2, -0.15) is 0 Å². The second kappa shape index (κ2) is 9.79. The molecule has 0 atom stereocenters. The van der Waals surface area contributed by atoms with Crippen molar-refractivity contribution < 1.29 is 19.1 Å². The molecule has 0 saturated carbocycles. The van der Waals surface area contributed by atoms with Gasteiger partial charge in [-0.3, -0.25) is 15.0 Å². The molecule has 0 aliphatic carbocycles. The Labute approximate surface area is 197 Å². The van der Waals surface area contributed by atoms with E-state index in [4.69, 9.17) is 21.1 Å². The predicted molar refractivity (Wildman–Crippen MR) is 128 cm³/mol. The number of ether oxygens (including phenoxy) is 2. The summed E-state index contributed by atoms with van der Waals surface area (Å²) in [7, 11) is 0. The van der Waals surface area contributed by atoms with Crippen LogP contribution in [0.2, 0.25) is 5.02 Å². The molecule has 3 aromatic rings. The van der Waals surface area contributed by atoms with E-state index in [1.807, 2.05) is 44.2 Å². The molecule has 0 aromatic heterocycles. The molecule has 0 unspecified atom stereocenters. The first-order valence-electron chi connectivity index (χ1n) is 10.5. The summed E-state index contributed by atoms with van der Waals surface area (Å²) in [6.45, 7) is 4.61. The van der Waals surface area contributed by atoms with Gasteiger partial charge in [0.15, 0.2) is 11.5 Å². The van der Waals surface area contributed by atoms with E-state index in [1.165, 1.54) is 16.6 Å². The van der Waals surface area contributed by atoms with Crippen LogP contribution in [0.5, 0.6) is 11.5 Å². The second-order valence-corrected chi connectivity index (χ2v) is 7.92. The number of carbonyl (C=O) groups excluding carboxylic acids is 2. The summed E-state index contributed by atoms with van der Waals surface area (Å²) in [6, 6.07) is 20.3. The van der Waals surface area contributed by atoms with E-state index < -0.39 is 11.8 Å². The van der Waals surface area contributed by atoms with Crippen molar-refractivity contribution in [2.24, 2.45) is 0 Å². The highest BCUT2D eigenvalue weighted by Crippen LogP contribution is 2.38. The number of hydrogen-bond donors (Lipinski definition) is 1. The Balaban J connectivity index is 1.60. The third kappa shape index (κ3) is 5.02. The summed E-state index contributed by atoms with van der Waals surface area (Å²) < 4.78 is 11.7. The molecule has 3 aromatic carbocycles. The summed E-state index contributed by atoms with van der Waals surface area (Å²) >= 11 is 6.51. The van der Waals surface area contributed by atoms with Gasteiger partial charge in [-0.1, -0.05) is 59.6 Å². The molecular weight excluding hydrogens is 440 g/mol. The van der Waals surface area contributed by atoms with Crippen molar-refractivity contribution in [2.75, 3.05) is 11.6 Å². The summed E-state index contributed by atoms with van der Waals surface area (Å²) in [5.74, 6) is -0.0818. The third-order valence-corrected chi connectivity index (χ3v) is 5.33. The number of carbonyl (C=O) groups is 2. The van der Waals surface area contributed by atoms with Crippen molar-refractivity contribution in [1.82, 2.24) is 5.43 Å². The summed E-state index contributed by atoms with van der Waals surface area (Å²) in [6.07, 6.45) is 1.50. The Bertz CT molecular complexity index is 1210. The van der Waals surface area contributed by atoms with Gasteiger partial charge >= 0.3 is 0 Å². The van der Waals surface area contributed by atoms with E-state index in [1.54, 1.807) is 36.4 Å². The number of rotatable bonds is 7. The number of anilines is 1. The fourth-order valence-electron chi connectivity index (χ4n) is 3.40. The Morgan fingerprint density at radius 2 is 1.73 bits per heavy atom. The van der Waals surface area contributed by atoms with Gasteiger partial charge in [0, 0.05) is 0 Å². The topological polar surface area (TPSA) is 67.9 Å². The van der Waals surface area contributed by atoms with E-state index in [-0.39, 0.29) is 5.57 Å². The van der Waals surface area contributed by atoms with Crippen LogP contribution < -0.4 is 19.9 Å². The normalized spacial score (nSPS) is 14.5. The van der Waals surface area contributed by atoms with E-state index >= 15 is 0 Å². The van der Waals surface area contributed by atoms with Crippen LogP contribution in [0.25, 0.3) is 6.08 Å². The van der Waals surface area contributed by atoms with Crippen molar-refractivity contribution in [3.63, 3.8) is 0 Å². The number of nitrogens with zero attached hydrogens (tertiary/aromatic N) is 1. The SMILES string of the molecule is CCOc1cc(/C=C2\C(=O)NN(c3ccccc3)C2=O)cc(Cl)c1OCc1ccc(C)cc1. The van der Waals surface area contributed by atoms with Crippen LogP contribution in [0.3, 0.4) is 0 Å². The Kier molecular flexibility index (Phi) is 6.66. The molecule has 1 aliphatic rings. The van der Waals surface area contributed by atoms with Crippen molar-refractivity contribution in [3.8, 4) is 11.5 Å². The van der Waals surface area contributed by atoms with E-state index in [9.17, 15) is 9.59 Å². The van der Waals surface area contributed by atoms with Gasteiger partial charge in [0.05, 0.1) is 17.3 Å². The van der Waals surface area contributed by atoms with Gasteiger partial charge in [0.25, 0.3) is 11.8 Å². The summed E-state index contributed by atoms with van der Waals surface area (Å²) in [5.41, 5.74) is 5.89. The first kappa shape index (κ1) is 22.4. The number of halogens is 1. The van der Waals surface area contributed by atoms with Crippen LogP contribution in [0, 0.1) is 6.92 Å². The largest absolute Gasteiger partial charge is 0.490 e. The maximum Gasteiger partial charge on any atom is 0.282 e. The molecule has 168 valence electrons. The van der Waals surface area contributed by atoms with Gasteiger partial charge in [-0.15, -0.1) is 0 Å². The standard InChI is InChI=1S/C26H23ClN2O4/c1-3-32-23-15-19(14-22(27)24(23)33-16-18-11-9-17(2)10-12-18)13-21-25(30)28-29(26(21)31)20-7-5-4-6-8-20/h4-15H,3,16H2,1-2H3,(H,28,30)/b21-13+. The predicted octanol–water partition coefficient (Wildman–Crippen LogP) is 5.09. The minimum absolute atomic E-state index is 0.00527. The molecule has 1 aliphatic heterocycles. The highest BCUT2D eigenvalue weighted by Gasteiger charge is 2.34. The average Bonchev–Trinajstić information content (AvgIpc) is 3.09. The van der Waals surface area contributed by atoms with Crippen LogP contribution in [0.15, 0.2) is 72.3 Å². The van der Waals surface area contributed by atoms with E-state index in [0.29, 0.717) is 41.0 Å². The number of aryl methyl sites for hydroxylation is 1. The number of nitrogens with one attached hydrogen (secondary N) is 1. The molecule has 0 spiro atoms. The van der Waals surface area contributed by atoms with Crippen molar-refractivity contribution in [3.05, 3.63) is 94.0 Å². The molecule has 4 rings (SSSR count). The highest BCUT2D eigenvalue weighted by atomic mass is 35.5. The van der Waals surface area contributed by atoms with Gasteiger partial charge in [0.2, 0.25) is 0 Å².